The van der Waals surface area contributed by atoms with Crippen molar-refractivity contribution in [1.82, 2.24) is 15.0 Å². The molecule has 3 aromatic rings. The van der Waals surface area contributed by atoms with E-state index in [2.05, 4.69) is 39.2 Å². The van der Waals surface area contributed by atoms with Gasteiger partial charge in [-0.05, 0) is 62.6 Å². The van der Waals surface area contributed by atoms with Crippen molar-refractivity contribution >= 4 is 17.2 Å². The first kappa shape index (κ1) is 18.8. The van der Waals surface area contributed by atoms with Crippen molar-refractivity contribution in [2.24, 2.45) is 0 Å². The summed E-state index contributed by atoms with van der Waals surface area (Å²) in [6.45, 7) is 6.01. The largest absolute Gasteiger partial charge is 0.366 e. The first-order valence-electron chi connectivity index (χ1n) is 10.4. The Hall–Kier alpha value is -3.19. The predicted octanol–water partition coefficient (Wildman–Crippen LogP) is 3.33. The molecule has 0 aliphatic carbocycles. The molecule has 0 saturated carbocycles. The monoisotopic (exact) mass is 402 g/mol. The van der Waals surface area contributed by atoms with Crippen LogP contribution in [0.2, 0.25) is 0 Å². The van der Waals surface area contributed by atoms with Crippen LogP contribution in [0.25, 0.3) is 11.3 Å². The fourth-order valence-electron chi connectivity index (χ4n) is 4.55. The van der Waals surface area contributed by atoms with Gasteiger partial charge in [-0.15, -0.1) is 0 Å². The number of anilines is 3. The molecule has 1 fully saturated rings. The Labute approximate surface area is 176 Å². The van der Waals surface area contributed by atoms with E-state index < -0.39 is 6.35 Å². The molecule has 5 heterocycles. The maximum atomic E-state index is 11.2. The summed E-state index contributed by atoms with van der Waals surface area (Å²) in [5, 5.41) is 14.4. The molecule has 154 valence electrons. The number of hydrogen-bond donors (Lipinski definition) is 2. The standard InChI is InChI=1S/C23H26N6O/c1-15-11-20-22(27-21(15)17-7-9-25-16(2)12-17)29(19-6-4-10-28(20)14-19)23(30)26-18-5-3-8-24-13-18/h3,5,7-9,11-13,19,23,26,30H,4,6,10,14H2,1-2H3/t19-,23?/m0/s1. The molecule has 1 unspecified atom stereocenters. The molecule has 0 amide bonds. The molecule has 5 rings (SSSR count). The Morgan fingerprint density at radius 2 is 2.10 bits per heavy atom. The molecule has 3 aromatic heterocycles. The molecular weight excluding hydrogens is 376 g/mol. The summed E-state index contributed by atoms with van der Waals surface area (Å²) in [6, 6.07) is 10.2. The van der Waals surface area contributed by atoms with Gasteiger partial charge in [-0.25, -0.2) is 4.98 Å². The third kappa shape index (κ3) is 3.35. The van der Waals surface area contributed by atoms with Gasteiger partial charge in [0.2, 0.25) is 6.35 Å². The van der Waals surface area contributed by atoms with Crippen molar-refractivity contribution in [2.45, 2.75) is 39.1 Å². The molecule has 0 spiro atoms. The van der Waals surface area contributed by atoms with E-state index in [1.165, 1.54) is 0 Å². The summed E-state index contributed by atoms with van der Waals surface area (Å²) in [6.07, 6.45) is 6.50. The number of aliphatic hydroxyl groups excluding tert-OH is 1. The van der Waals surface area contributed by atoms with Gasteiger partial charge in [-0.3, -0.25) is 9.97 Å². The highest BCUT2D eigenvalue weighted by atomic mass is 16.3. The summed E-state index contributed by atoms with van der Waals surface area (Å²) in [5.74, 6) is 0.824. The van der Waals surface area contributed by atoms with Gasteiger partial charge in [0.05, 0.1) is 29.3 Å². The van der Waals surface area contributed by atoms with Crippen molar-refractivity contribution in [3.8, 4) is 11.3 Å². The highest BCUT2D eigenvalue weighted by molar-refractivity contribution is 5.77. The zero-order valence-corrected chi connectivity index (χ0v) is 17.3. The molecule has 0 radical (unpaired) electrons. The Kier molecular flexibility index (Phi) is 4.75. The minimum Gasteiger partial charge on any atom is -0.366 e. The Morgan fingerprint density at radius 3 is 2.90 bits per heavy atom. The summed E-state index contributed by atoms with van der Waals surface area (Å²) < 4.78 is 0. The average Bonchev–Trinajstić information content (AvgIpc) is 2.75. The van der Waals surface area contributed by atoms with E-state index in [1.807, 2.05) is 36.2 Å². The van der Waals surface area contributed by atoms with Crippen LogP contribution in [0.1, 0.15) is 24.1 Å². The zero-order valence-electron chi connectivity index (χ0n) is 17.3. The minimum atomic E-state index is -0.888. The first-order valence-corrected chi connectivity index (χ1v) is 10.4. The van der Waals surface area contributed by atoms with E-state index in [9.17, 15) is 5.11 Å². The van der Waals surface area contributed by atoms with Crippen LogP contribution in [0.4, 0.5) is 17.2 Å². The van der Waals surface area contributed by atoms with Crippen molar-refractivity contribution < 1.29 is 5.11 Å². The lowest BCUT2D eigenvalue weighted by Gasteiger charge is -2.48. The van der Waals surface area contributed by atoms with Crippen molar-refractivity contribution in [1.29, 1.82) is 0 Å². The molecule has 7 nitrogen and oxygen atoms in total. The molecule has 0 aromatic carbocycles. The number of nitrogens with zero attached hydrogens (tertiary/aromatic N) is 5. The Morgan fingerprint density at radius 1 is 1.20 bits per heavy atom. The third-order valence-corrected chi connectivity index (χ3v) is 5.94. The molecule has 1 saturated heterocycles. The quantitative estimate of drug-likeness (QED) is 0.648. The second-order valence-corrected chi connectivity index (χ2v) is 8.09. The first-order chi connectivity index (χ1) is 14.6. The number of pyridine rings is 3. The molecule has 2 bridgehead atoms. The van der Waals surface area contributed by atoms with E-state index in [1.54, 1.807) is 12.4 Å². The molecular formula is C23H26N6O. The summed E-state index contributed by atoms with van der Waals surface area (Å²) >= 11 is 0. The van der Waals surface area contributed by atoms with Crippen LogP contribution >= 0.6 is 0 Å². The van der Waals surface area contributed by atoms with Crippen LogP contribution in [-0.2, 0) is 0 Å². The van der Waals surface area contributed by atoms with Crippen LogP contribution in [0.3, 0.4) is 0 Å². The van der Waals surface area contributed by atoms with Crippen LogP contribution in [-0.4, -0.2) is 45.5 Å². The normalized spacial score (nSPS) is 18.7. The third-order valence-electron chi connectivity index (χ3n) is 5.94. The lowest BCUT2D eigenvalue weighted by atomic mass is 9.98. The average molecular weight is 403 g/mol. The highest BCUT2D eigenvalue weighted by Gasteiger charge is 2.38. The van der Waals surface area contributed by atoms with E-state index in [-0.39, 0.29) is 6.04 Å². The predicted molar refractivity (Wildman–Crippen MR) is 119 cm³/mol. The lowest BCUT2D eigenvalue weighted by molar-refractivity contribution is 0.176. The van der Waals surface area contributed by atoms with Gasteiger partial charge in [0.25, 0.3) is 0 Å². The second-order valence-electron chi connectivity index (χ2n) is 8.09. The summed E-state index contributed by atoms with van der Waals surface area (Å²) in [4.78, 5) is 18.0. The SMILES string of the molecule is Cc1cc(-c2nc3c(cc2C)N2CCC[C@@H](C2)N3C(O)Nc2cccnc2)ccn1. The van der Waals surface area contributed by atoms with Crippen LogP contribution in [0.5, 0.6) is 0 Å². The Bertz CT molecular complexity index is 1060. The van der Waals surface area contributed by atoms with Gasteiger partial charge in [-0.1, -0.05) is 0 Å². The van der Waals surface area contributed by atoms with Gasteiger partial charge in [0.15, 0.2) is 5.82 Å². The number of nitrogens with one attached hydrogen (secondary N) is 1. The van der Waals surface area contributed by atoms with Crippen LogP contribution in [0.15, 0.2) is 48.9 Å². The Balaban J connectivity index is 1.59. The number of fused-ring (bicyclic) bond motifs is 4. The smallest absolute Gasteiger partial charge is 0.206 e. The zero-order chi connectivity index (χ0) is 20.7. The second kappa shape index (κ2) is 7.57. The number of aliphatic hydroxyl groups is 1. The molecule has 7 heteroatoms. The van der Waals surface area contributed by atoms with Crippen molar-refractivity contribution in [3.63, 3.8) is 0 Å². The number of aromatic nitrogens is 3. The maximum Gasteiger partial charge on any atom is 0.206 e. The van der Waals surface area contributed by atoms with Crippen molar-refractivity contribution in [2.75, 3.05) is 28.2 Å². The fraction of sp³-hybridized carbons (Fsp3) is 0.348. The topological polar surface area (TPSA) is 77.4 Å². The summed E-state index contributed by atoms with van der Waals surface area (Å²) in [5.41, 5.74) is 5.93. The van der Waals surface area contributed by atoms with Gasteiger partial charge < -0.3 is 20.2 Å². The molecule has 2 aliphatic heterocycles. The van der Waals surface area contributed by atoms with E-state index in [0.717, 1.165) is 65.6 Å². The van der Waals surface area contributed by atoms with Gasteiger partial charge >= 0.3 is 0 Å². The van der Waals surface area contributed by atoms with Gasteiger partial charge in [0.1, 0.15) is 0 Å². The fourth-order valence-corrected chi connectivity index (χ4v) is 4.55. The maximum absolute atomic E-state index is 11.2. The summed E-state index contributed by atoms with van der Waals surface area (Å²) in [7, 11) is 0. The minimum absolute atomic E-state index is 0.202. The number of hydrogen-bond acceptors (Lipinski definition) is 7. The van der Waals surface area contributed by atoms with Gasteiger partial charge in [0, 0.05) is 36.7 Å². The molecule has 30 heavy (non-hydrogen) atoms. The molecule has 2 aliphatic rings. The molecule has 2 N–H and O–H groups in total. The number of aryl methyl sites for hydroxylation is 2. The van der Waals surface area contributed by atoms with E-state index in [0.29, 0.717) is 0 Å². The van der Waals surface area contributed by atoms with Crippen LogP contribution < -0.4 is 15.1 Å². The van der Waals surface area contributed by atoms with E-state index in [4.69, 9.17) is 4.98 Å². The van der Waals surface area contributed by atoms with E-state index >= 15 is 0 Å². The number of rotatable bonds is 4. The van der Waals surface area contributed by atoms with Crippen LogP contribution in [0, 0.1) is 13.8 Å². The molecule has 2 atom stereocenters. The van der Waals surface area contributed by atoms with Crippen molar-refractivity contribution in [3.05, 3.63) is 60.2 Å². The number of piperidine rings is 1. The lowest BCUT2D eigenvalue weighted by Crippen LogP contribution is -2.58. The van der Waals surface area contributed by atoms with Gasteiger partial charge in [-0.2, -0.15) is 0 Å². The highest BCUT2D eigenvalue weighted by Crippen LogP contribution is 2.41.